The second kappa shape index (κ2) is 3.45. The van der Waals surface area contributed by atoms with Crippen molar-refractivity contribution in [2.75, 3.05) is 0 Å². The fourth-order valence-corrected chi connectivity index (χ4v) is 1.20. The van der Waals surface area contributed by atoms with E-state index in [0.717, 1.165) is 5.56 Å². The summed E-state index contributed by atoms with van der Waals surface area (Å²) in [5.74, 6) is 0. The predicted molar refractivity (Wildman–Crippen MR) is 50.5 cm³/mol. The third-order valence-electron chi connectivity index (χ3n) is 1.97. The van der Waals surface area contributed by atoms with E-state index in [2.05, 4.69) is 15.4 Å². The molecule has 0 aliphatic rings. The van der Waals surface area contributed by atoms with E-state index in [1.165, 1.54) is 23.3 Å². The van der Waals surface area contributed by atoms with Gasteiger partial charge in [0.2, 0.25) is 0 Å². The summed E-state index contributed by atoms with van der Waals surface area (Å²) in [6, 6.07) is 4.50. The third-order valence-corrected chi connectivity index (χ3v) is 1.97. The molecule has 1 aromatic carbocycles. The van der Waals surface area contributed by atoms with Crippen LogP contribution in [0.2, 0.25) is 0 Å². The second-order valence-electron chi connectivity index (χ2n) is 2.95. The minimum atomic E-state index is -0.458. The summed E-state index contributed by atoms with van der Waals surface area (Å²) in [6.45, 7) is 1.82. The molecule has 7 nitrogen and oxygen atoms in total. The van der Waals surface area contributed by atoms with Crippen molar-refractivity contribution in [3.8, 4) is 5.69 Å². The van der Waals surface area contributed by atoms with Gasteiger partial charge in [-0.15, -0.1) is 15.0 Å². The molecule has 0 N–H and O–H groups in total. The molecule has 7 heteroatoms. The molecule has 0 aliphatic carbocycles. The van der Waals surface area contributed by atoms with Crippen molar-refractivity contribution in [1.82, 2.24) is 20.2 Å². The third kappa shape index (κ3) is 1.66. The van der Waals surface area contributed by atoms with Crippen LogP contribution in [-0.4, -0.2) is 25.1 Å². The van der Waals surface area contributed by atoms with Crippen molar-refractivity contribution in [2.45, 2.75) is 6.92 Å². The summed E-state index contributed by atoms with van der Waals surface area (Å²) in [7, 11) is 0. The van der Waals surface area contributed by atoms with Crippen molar-refractivity contribution in [3.05, 3.63) is 40.2 Å². The molecule has 0 saturated heterocycles. The van der Waals surface area contributed by atoms with Crippen LogP contribution in [0.5, 0.6) is 0 Å². The molecule has 2 aromatic rings. The molecule has 15 heavy (non-hydrogen) atoms. The first-order valence-corrected chi connectivity index (χ1v) is 4.17. The molecular formula is C8H7N5O2. The second-order valence-corrected chi connectivity index (χ2v) is 2.95. The molecule has 0 unspecified atom stereocenters. The van der Waals surface area contributed by atoms with E-state index in [4.69, 9.17) is 0 Å². The largest absolute Gasteiger partial charge is 0.271 e. The molecule has 0 aliphatic heterocycles. The lowest BCUT2D eigenvalue weighted by molar-refractivity contribution is -0.384. The Kier molecular flexibility index (Phi) is 2.13. The van der Waals surface area contributed by atoms with Gasteiger partial charge in [0, 0.05) is 12.1 Å². The lowest BCUT2D eigenvalue weighted by Crippen LogP contribution is -2.02. The van der Waals surface area contributed by atoms with Gasteiger partial charge in [-0.1, -0.05) is 6.07 Å². The normalized spacial score (nSPS) is 10.2. The molecule has 0 bridgehead atoms. The summed E-state index contributed by atoms with van der Waals surface area (Å²) in [5, 5.41) is 21.6. The van der Waals surface area contributed by atoms with Gasteiger partial charge >= 0.3 is 0 Å². The average Bonchev–Trinajstić information content (AvgIpc) is 2.71. The maximum atomic E-state index is 10.6. The predicted octanol–water partition coefficient (Wildman–Crippen LogP) is 0.879. The van der Waals surface area contributed by atoms with Crippen LogP contribution in [0.3, 0.4) is 0 Å². The fraction of sp³-hybridized carbons (Fsp3) is 0.125. The first-order valence-electron chi connectivity index (χ1n) is 4.17. The van der Waals surface area contributed by atoms with Crippen molar-refractivity contribution < 1.29 is 4.92 Å². The molecule has 0 atom stereocenters. The van der Waals surface area contributed by atoms with Gasteiger partial charge in [0.15, 0.2) is 6.33 Å². The smallest absolute Gasteiger partial charge is 0.258 e. The Balaban J connectivity index is 2.55. The van der Waals surface area contributed by atoms with E-state index < -0.39 is 4.92 Å². The lowest BCUT2D eigenvalue weighted by Gasteiger charge is -2.02. The van der Waals surface area contributed by atoms with E-state index in [9.17, 15) is 10.1 Å². The highest BCUT2D eigenvalue weighted by atomic mass is 16.6. The van der Waals surface area contributed by atoms with E-state index in [1.54, 1.807) is 6.07 Å². The van der Waals surface area contributed by atoms with Crippen molar-refractivity contribution in [2.24, 2.45) is 0 Å². The summed E-state index contributed by atoms with van der Waals surface area (Å²) in [5.41, 5.74) is 1.41. The molecule has 1 heterocycles. The number of aromatic nitrogens is 4. The fourth-order valence-electron chi connectivity index (χ4n) is 1.20. The maximum Gasteiger partial charge on any atom is 0.271 e. The number of non-ortho nitro benzene ring substituents is 1. The summed E-state index contributed by atoms with van der Waals surface area (Å²) in [6.07, 6.45) is 1.28. The Morgan fingerprint density at radius 1 is 1.47 bits per heavy atom. The van der Waals surface area contributed by atoms with Crippen LogP contribution in [0.25, 0.3) is 5.69 Å². The van der Waals surface area contributed by atoms with Gasteiger partial charge < -0.3 is 0 Å². The van der Waals surface area contributed by atoms with Gasteiger partial charge in [0.1, 0.15) is 0 Å². The molecule has 0 radical (unpaired) electrons. The highest BCUT2D eigenvalue weighted by molar-refractivity contribution is 5.47. The zero-order chi connectivity index (χ0) is 10.8. The molecule has 0 amide bonds. The highest BCUT2D eigenvalue weighted by Crippen LogP contribution is 2.19. The summed E-state index contributed by atoms with van der Waals surface area (Å²) >= 11 is 0. The number of nitro benzene ring substituents is 1. The van der Waals surface area contributed by atoms with Gasteiger partial charge in [-0.05, 0) is 17.7 Å². The van der Waals surface area contributed by atoms with E-state index in [0.29, 0.717) is 5.69 Å². The topological polar surface area (TPSA) is 86.7 Å². The Hall–Kier alpha value is -2.31. The lowest BCUT2D eigenvalue weighted by atomic mass is 10.2. The van der Waals surface area contributed by atoms with Gasteiger partial charge in [-0.3, -0.25) is 10.1 Å². The maximum absolute atomic E-state index is 10.6. The number of hydrogen-bond donors (Lipinski definition) is 0. The average molecular weight is 205 g/mol. The zero-order valence-corrected chi connectivity index (χ0v) is 7.86. The highest BCUT2D eigenvalue weighted by Gasteiger charge is 2.10. The Bertz CT molecular complexity index is 494. The van der Waals surface area contributed by atoms with Crippen LogP contribution in [0.4, 0.5) is 5.69 Å². The van der Waals surface area contributed by atoms with Crippen molar-refractivity contribution >= 4 is 5.69 Å². The molecule has 0 fully saturated rings. The summed E-state index contributed by atoms with van der Waals surface area (Å²) < 4.78 is 0. The molecule has 1 aromatic heterocycles. The first-order chi connectivity index (χ1) is 7.18. The SMILES string of the molecule is Cc1ccc([N+](=O)[O-])cc1-n1ncnn1. The number of rotatable bonds is 2. The zero-order valence-electron chi connectivity index (χ0n) is 7.86. The van der Waals surface area contributed by atoms with Crippen LogP contribution in [0.15, 0.2) is 24.5 Å². The van der Waals surface area contributed by atoms with Crippen LogP contribution in [0, 0.1) is 17.0 Å². The minimum absolute atomic E-state index is 0.00731. The standard InChI is InChI=1S/C8H7N5O2/c1-6-2-3-7(13(14)15)4-8(6)12-10-5-9-11-12/h2-5H,1H3. The van der Waals surface area contributed by atoms with Crippen LogP contribution in [-0.2, 0) is 0 Å². The quantitative estimate of drug-likeness (QED) is 0.536. The summed E-state index contributed by atoms with van der Waals surface area (Å²) in [4.78, 5) is 11.4. The van der Waals surface area contributed by atoms with Gasteiger partial charge in [0.05, 0.1) is 10.6 Å². The van der Waals surface area contributed by atoms with Gasteiger partial charge in [-0.2, -0.15) is 0 Å². The van der Waals surface area contributed by atoms with E-state index >= 15 is 0 Å². The number of benzene rings is 1. The molecular weight excluding hydrogens is 198 g/mol. The first kappa shape index (κ1) is 9.25. The minimum Gasteiger partial charge on any atom is -0.258 e. The van der Waals surface area contributed by atoms with Crippen LogP contribution < -0.4 is 0 Å². The Morgan fingerprint density at radius 3 is 2.87 bits per heavy atom. The van der Waals surface area contributed by atoms with Gasteiger partial charge in [-0.25, -0.2) is 0 Å². The Labute approximate surface area is 84.5 Å². The number of nitro groups is 1. The molecule has 0 saturated carbocycles. The monoisotopic (exact) mass is 205 g/mol. The molecule has 0 spiro atoms. The molecule has 76 valence electrons. The molecule has 2 rings (SSSR count). The number of tetrazole rings is 1. The van der Waals surface area contributed by atoms with Crippen molar-refractivity contribution in [1.29, 1.82) is 0 Å². The van der Waals surface area contributed by atoms with E-state index in [1.807, 2.05) is 6.92 Å². The number of aryl methyl sites for hydroxylation is 1. The van der Waals surface area contributed by atoms with Crippen LogP contribution in [0.1, 0.15) is 5.56 Å². The van der Waals surface area contributed by atoms with Crippen molar-refractivity contribution in [3.63, 3.8) is 0 Å². The van der Waals surface area contributed by atoms with Gasteiger partial charge in [0.25, 0.3) is 5.69 Å². The van der Waals surface area contributed by atoms with E-state index in [-0.39, 0.29) is 5.69 Å². The number of hydrogen-bond acceptors (Lipinski definition) is 5. The Morgan fingerprint density at radius 2 is 2.27 bits per heavy atom. The van der Waals surface area contributed by atoms with Crippen LogP contribution >= 0.6 is 0 Å². The number of nitrogens with zero attached hydrogens (tertiary/aromatic N) is 5.